The van der Waals surface area contributed by atoms with Crippen LogP contribution in [0.5, 0.6) is 0 Å². The zero-order valence-corrected chi connectivity index (χ0v) is 11.2. The van der Waals surface area contributed by atoms with Gasteiger partial charge in [-0.25, -0.2) is 19.3 Å². The topological polar surface area (TPSA) is 136 Å². The van der Waals surface area contributed by atoms with E-state index in [0.29, 0.717) is 11.2 Å². The average Bonchev–Trinajstić information content (AvgIpc) is 2.78. The van der Waals surface area contributed by atoms with E-state index in [-0.39, 0.29) is 12.4 Å². The molecule has 1 atom stereocenters. The van der Waals surface area contributed by atoms with Crippen molar-refractivity contribution in [3.05, 3.63) is 12.7 Å². The Morgan fingerprint density at radius 1 is 1.45 bits per heavy atom. The van der Waals surface area contributed by atoms with Crippen molar-refractivity contribution >= 4 is 24.6 Å². The van der Waals surface area contributed by atoms with E-state index in [9.17, 15) is 8.96 Å². The molecule has 0 saturated heterocycles. The number of nitrogens with zero attached hydrogens (tertiary/aromatic N) is 4. The lowest BCUT2D eigenvalue weighted by Gasteiger charge is -2.15. The summed E-state index contributed by atoms with van der Waals surface area (Å²) in [4.78, 5) is 29.2. The molecule has 0 bridgehead atoms. The summed E-state index contributed by atoms with van der Waals surface area (Å²) in [6.07, 6.45) is 0.776. The van der Waals surface area contributed by atoms with Gasteiger partial charge >= 0.3 is 7.60 Å². The predicted octanol–water partition coefficient (Wildman–Crippen LogP) is -0.102. The minimum absolute atomic E-state index is 0.00343. The van der Waals surface area contributed by atoms with Crippen LogP contribution in [-0.4, -0.2) is 48.4 Å². The average molecular weight is 305 g/mol. The first-order valence-corrected chi connectivity index (χ1v) is 7.34. The number of imidazole rings is 1. The molecule has 2 aromatic rings. The highest BCUT2D eigenvalue weighted by molar-refractivity contribution is 7.51. The molecule has 0 amide bonds. The van der Waals surface area contributed by atoms with E-state index in [4.69, 9.17) is 20.3 Å². The number of aromatic nitrogens is 4. The molecule has 0 unspecified atom stereocenters. The molecule has 4 N–H and O–H groups in total. The first-order chi connectivity index (χ1) is 9.40. The predicted molar refractivity (Wildman–Crippen MR) is 67.5 cm³/mol. The van der Waals surface area contributed by atoms with Crippen LogP contribution in [0.4, 0.5) is 10.2 Å². The minimum atomic E-state index is -4.34. The van der Waals surface area contributed by atoms with E-state index in [1.54, 1.807) is 0 Å². The number of alkyl halides is 1. The summed E-state index contributed by atoms with van der Waals surface area (Å²) in [5.74, 6) is 0.196. The van der Waals surface area contributed by atoms with Crippen molar-refractivity contribution in [3.63, 3.8) is 0 Å². The quantitative estimate of drug-likeness (QED) is 0.629. The molecule has 110 valence electrons. The Hall–Kier alpha value is -1.61. The van der Waals surface area contributed by atoms with Gasteiger partial charge in [-0.3, -0.25) is 4.57 Å². The van der Waals surface area contributed by atoms with E-state index in [1.807, 2.05) is 0 Å². The van der Waals surface area contributed by atoms with Crippen LogP contribution in [0.1, 0.15) is 0 Å². The van der Waals surface area contributed by atoms with Crippen LogP contribution in [-0.2, 0) is 15.8 Å². The second-order valence-corrected chi connectivity index (χ2v) is 5.65. The number of hydrogen-bond donors (Lipinski definition) is 3. The minimum Gasteiger partial charge on any atom is -0.382 e. The van der Waals surface area contributed by atoms with E-state index >= 15 is 0 Å². The van der Waals surface area contributed by atoms with E-state index in [1.165, 1.54) is 17.2 Å². The normalized spacial score (nSPS) is 13.8. The van der Waals surface area contributed by atoms with Crippen molar-refractivity contribution in [1.29, 1.82) is 0 Å². The number of nitrogens with two attached hydrogens (primary N) is 1. The molecule has 11 heteroatoms. The van der Waals surface area contributed by atoms with Gasteiger partial charge in [-0.15, -0.1) is 0 Å². The summed E-state index contributed by atoms with van der Waals surface area (Å²) in [7, 11) is -4.34. The van der Waals surface area contributed by atoms with Crippen LogP contribution in [0.3, 0.4) is 0 Å². The van der Waals surface area contributed by atoms with Crippen LogP contribution < -0.4 is 5.73 Å². The van der Waals surface area contributed by atoms with Gasteiger partial charge in [0.25, 0.3) is 0 Å². The molecule has 2 rings (SSSR count). The first-order valence-electron chi connectivity index (χ1n) is 5.54. The SMILES string of the molecule is Nc1ncnc2c1ncn2C[C@@H](CF)OCP(=O)(O)O. The Balaban J connectivity index is 2.14. The summed E-state index contributed by atoms with van der Waals surface area (Å²) in [5, 5.41) is 0. The molecule has 0 aliphatic rings. The second-order valence-electron chi connectivity index (χ2n) is 4.06. The van der Waals surface area contributed by atoms with Gasteiger partial charge in [0.05, 0.1) is 12.9 Å². The number of rotatable bonds is 6. The standard InChI is InChI=1S/C9H13FN5O4P/c10-1-6(19-5-20(16,17)18)2-15-4-14-7-8(11)12-3-13-9(7)15/h3-4,6H,1-2,5H2,(H2,11,12,13)(H2,16,17,18)/t6-/m1/s1. The monoisotopic (exact) mass is 305 g/mol. The van der Waals surface area contributed by atoms with Crippen molar-refractivity contribution in [2.24, 2.45) is 0 Å². The third kappa shape index (κ3) is 3.48. The lowest BCUT2D eigenvalue weighted by molar-refractivity contribution is 0.0445. The maximum atomic E-state index is 12.8. The van der Waals surface area contributed by atoms with Crippen molar-refractivity contribution in [2.75, 3.05) is 18.8 Å². The highest BCUT2D eigenvalue weighted by Crippen LogP contribution is 2.34. The summed E-state index contributed by atoms with van der Waals surface area (Å²) in [5.41, 5.74) is 6.39. The number of nitrogen functional groups attached to an aromatic ring is 1. The fourth-order valence-electron chi connectivity index (χ4n) is 1.60. The number of fused-ring (bicyclic) bond motifs is 1. The smallest absolute Gasteiger partial charge is 0.350 e. The molecule has 0 spiro atoms. The fourth-order valence-corrected chi connectivity index (χ4v) is 2.01. The zero-order valence-electron chi connectivity index (χ0n) is 10.3. The maximum absolute atomic E-state index is 12.8. The molecule has 0 aliphatic carbocycles. The van der Waals surface area contributed by atoms with Gasteiger partial charge in [-0.1, -0.05) is 0 Å². The van der Waals surface area contributed by atoms with E-state index < -0.39 is 26.7 Å². The van der Waals surface area contributed by atoms with Crippen LogP contribution in [0.15, 0.2) is 12.7 Å². The molecule has 9 nitrogen and oxygen atoms in total. The first kappa shape index (κ1) is 14.8. The lowest BCUT2D eigenvalue weighted by Crippen LogP contribution is -2.22. The molecule has 0 fully saturated rings. The molecule has 0 aromatic carbocycles. The molecule has 0 saturated carbocycles. The number of ether oxygens (including phenoxy) is 1. The second kappa shape index (κ2) is 5.80. The molecular formula is C9H13FN5O4P. The summed E-state index contributed by atoms with van der Waals surface area (Å²) < 4.78 is 29.9. The van der Waals surface area contributed by atoms with Crippen LogP contribution in [0, 0.1) is 0 Å². The van der Waals surface area contributed by atoms with Gasteiger partial charge in [0.2, 0.25) is 0 Å². The molecule has 2 heterocycles. The lowest BCUT2D eigenvalue weighted by atomic mass is 10.4. The highest BCUT2D eigenvalue weighted by atomic mass is 31.2. The molecule has 2 aromatic heterocycles. The third-order valence-corrected chi connectivity index (χ3v) is 2.97. The Kier molecular flexibility index (Phi) is 4.29. The van der Waals surface area contributed by atoms with Crippen LogP contribution in [0.25, 0.3) is 11.2 Å². The fraction of sp³-hybridized carbons (Fsp3) is 0.444. The number of halogens is 1. The molecular weight excluding hydrogens is 292 g/mol. The van der Waals surface area contributed by atoms with Crippen molar-refractivity contribution in [1.82, 2.24) is 19.5 Å². The van der Waals surface area contributed by atoms with Crippen molar-refractivity contribution < 1.29 is 23.5 Å². The maximum Gasteiger partial charge on any atom is 0.350 e. The molecule has 0 radical (unpaired) electrons. The Morgan fingerprint density at radius 2 is 2.20 bits per heavy atom. The van der Waals surface area contributed by atoms with Gasteiger partial charge in [-0.2, -0.15) is 0 Å². The Bertz CT molecular complexity index is 644. The highest BCUT2D eigenvalue weighted by Gasteiger charge is 2.19. The van der Waals surface area contributed by atoms with E-state index in [2.05, 4.69) is 15.0 Å². The van der Waals surface area contributed by atoms with Crippen LogP contribution >= 0.6 is 7.60 Å². The largest absolute Gasteiger partial charge is 0.382 e. The van der Waals surface area contributed by atoms with Crippen LogP contribution in [0.2, 0.25) is 0 Å². The van der Waals surface area contributed by atoms with Gasteiger partial charge in [0.15, 0.2) is 11.5 Å². The number of anilines is 1. The van der Waals surface area contributed by atoms with Gasteiger partial charge in [-0.05, 0) is 0 Å². The van der Waals surface area contributed by atoms with Crippen molar-refractivity contribution in [2.45, 2.75) is 12.6 Å². The third-order valence-electron chi connectivity index (χ3n) is 2.48. The van der Waals surface area contributed by atoms with Gasteiger partial charge in [0.1, 0.15) is 31.0 Å². The molecule has 0 aliphatic heterocycles. The number of hydrogen-bond acceptors (Lipinski definition) is 6. The van der Waals surface area contributed by atoms with Gasteiger partial charge < -0.3 is 24.8 Å². The van der Waals surface area contributed by atoms with E-state index in [0.717, 1.165) is 0 Å². The molecule has 20 heavy (non-hydrogen) atoms. The van der Waals surface area contributed by atoms with Crippen molar-refractivity contribution in [3.8, 4) is 0 Å². The summed E-state index contributed by atoms with van der Waals surface area (Å²) in [6, 6.07) is 0. The Labute approximate surface area is 112 Å². The summed E-state index contributed by atoms with van der Waals surface area (Å²) >= 11 is 0. The zero-order chi connectivity index (χ0) is 14.8. The summed E-state index contributed by atoms with van der Waals surface area (Å²) in [6.45, 7) is -0.899. The Morgan fingerprint density at radius 3 is 2.85 bits per heavy atom. The van der Waals surface area contributed by atoms with Gasteiger partial charge in [0, 0.05) is 0 Å².